The Hall–Kier alpha value is -1.06. The minimum absolute atomic E-state index is 0.167. The predicted octanol–water partition coefficient (Wildman–Crippen LogP) is 0.900. The molecule has 0 aromatic carbocycles. The zero-order valence-corrected chi connectivity index (χ0v) is 9.08. The van der Waals surface area contributed by atoms with Gasteiger partial charge in [-0.25, -0.2) is 0 Å². The Morgan fingerprint density at radius 2 is 1.50 bits per heavy atom. The van der Waals surface area contributed by atoms with E-state index in [9.17, 15) is 9.59 Å². The van der Waals surface area contributed by atoms with E-state index in [0.29, 0.717) is 12.8 Å². The number of nitrogens with two attached hydrogens (primary N) is 1. The summed E-state index contributed by atoms with van der Waals surface area (Å²) in [5.41, 5.74) is 5.00. The van der Waals surface area contributed by atoms with Crippen LogP contribution in [0.2, 0.25) is 0 Å². The first-order valence-electron chi connectivity index (χ1n) is 5.02. The fourth-order valence-corrected chi connectivity index (χ4v) is 1.15. The van der Waals surface area contributed by atoms with Crippen molar-refractivity contribution in [2.75, 3.05) is 14.1 Å². The Labute approximate surface area is 85.4 Å². The molecule has 0 atom stereocenters. The molecule has 0 bridgehead atoms. The second-order valence-electron chi connectivity index (χ2n) is 3.67. The number of carbonyl (C=O) groups excluding carboxylic acids is 2. The van der Waals surface area contributed by atoms with Crippen molar-refractivity contribution in [3.63, 3.8) is 0 Å². The average molecular weight is 200 g/mol. The third-order valence-electron chi connectivity index (χ3n) is 2.06. The molecule has 2 amide bonds. The van der Waals surface area contributed by atoms with Gasteiger partial charge in [0.05, 0.1) is 0 Å². The molecule has 0 aliphatic carbocycles. The summed E-state index contributed by atoms with van der Waals surface area (Å²) in [6.07, 6.45) is 4.77. The summed E-state index contributed by atoms with van der Waals surface area (Å²) in [7, 11) is 3.52. The van der Waals surface area contributed by atoms with Crippen LogP contribution in [0.3, 0.4) is 0 Å². The molecule has 0 aromatic rings. The lowest BCUT2D eigenvalue weighted by molar-refractivity contribution is -0.128. The molecule has 0 aliphatic rings. The fraction of sp³-hybridized carbons (Fsp3) is 0.800. The van der Waals surface area contributed by atoms with Crippen LogP contribution in [-0.4, -0.2) is 30.8 Å². The number of primary amides is 1. The first-order chi connectivity index (χ1) is 6.54. The quantitative estimate of drug-likeness (QED) is 0.621. The maximum absolute atomic E-state index is 11.1. The zero-order chi connectivity index (χ0) is 11.0. The predicted molar refractivity (Wildman–Crippen MR) is 55.6 cm³/mol. The molecule has 0 fully saturated rings. The van der Waals surface area contributed by atoms with E-state index in [1.54, 1.807) is 19.0 Å². The molecule has 14 heavy (non-hydrogen) atoms. The van der Waals surface area contributed by atoms with Gasteiger partial charge in [0.15, 0.2) is 0 Å². The molecule has 0 aromatic heterocycles. The second kappa shape index (κ2) is 7.35. The molecule has 2 N–H and O–H groups in total. The Balaban J connectivity index is 3.22. The van der Waals surface area contributed by atoms with Crippen LogP contribution in [0.15, 0.2) is 0 Å². The van der Waals surface area contributed by atoms with Gasteiger partial charge >= 0.3 is 0 Å². The summed E-state index contributed by atoms with van der Waals surface area (Å²) in [5, 5.41) is 0. The maximum atomic E-state index is 11.1. The van der Waals surface area contributed by atoms with Gasteiger partial charge < -0.3 is 10.6 Å². The van der Waals surface area contributed by atoms with Gasteiger partial charge in [-0.2, -0.15) is 0 Å². The number of hydrogen-bond donors (Lipinski definition) is 1. The smallest absolute Gasteiger partial charge is 0.222 e. The monoisotopic (exact) mass is 200 g/mol. The van der Waals surface area contributed by atoms with Crippen molar-refractivity contribution in [1.82, 2.24) is 4.90 Å². The van der Waals surface area contributed by atoms with Gasteiger partial charge in [-0.05, 0) is 12.8 Å². The van der Waals surface area contributed by atoms with Crippen molar-refractivity contribution in [3.05, 3.63) is 0 Å². The van der Waals surface area contributed by atoms with Gasteiger partial charge in [-0.1, -0.05) is 12.8 Å². The molecule has 0 heterocycles. The molecule has 0 rings (SSSR count). The summed E-state index contributed by atoms with van der Waals surface area (Å²) < 4.78 is 0. The summed E-state index contributed by atoms with van der Waals surface area (Å²) in [6, 6.07) is 0. The summed E-state index contributed by atoms with van der Waals surface area (Å²) in [5.74, 6) is -0.0748. The van der Waals surface area contributed by atoms with E-state index in [0.717, 1.165) is 25.7 Å². The Kier molecular flexibility index (Phi) is 6.80. The minimum atomic E-state index is -0.241. The number of rotatable bonds is 7. The minimum Gasteiger partial charge on any atom is -0.370 e. The van der Waals surface area contributed by atoms with E-state index in [4.69, 9.17) is 5.73 Å². The average Bonchev–Trinajstić information content (AvgIpc) is 2.09. The van der Waals surface area contributed by atoms with E-state index in [-0.39, 0.29) is 11.8 Å². The van der Waals surface area contributed by atoms with Crippen LogP contribution in [0, 0.1) is 0 Å². The van der Waals surface area contributed by atoms with Gasteiger partial charge in [0.1, 0.15) is 0 Å². The van der Waals surface area contributed by atoms with E-state index >= 15 is 0 Å². The van der Waals surface area contributed by atoms with Gasteiger partial charge in [0, 0.05) is 26.9 Å². The molecule has 4 nitrogen and oxygen atoms in total. The van der Waals surface area contributed by atoms with Crippen LogP contribution in [0.25, 0.3) is 0 Å². The number of amides is 2. The lowest BCUT2D eigenvalue weighted by Crippen LogP contribution is -2.21. The SMILES string of the molecule is CN(C)C(=O)CCCCCCC(N)=O. The lowest BCUT2D eigenvalue weighted by Gasteiger charge is -2.09. The van der Waals surface area contributed by atoms with E-state index in [1.807, 2.05) is 0 Å². The highest BCUT2D eigenvalue weighted by molar-refractivity contribution is 5.75. The van der Waals surface area contributed by atoms with Gasteiger partial charge in [-0.3, -0.25) is 9.59 Å². The number of carbonyl (C=O) groups is 2. The third-order valence-corrected chi connectivity index (χ3v) is 2.06. The van der Waals surface area contributed by atoms with Gasteiger partial charge in [-0.15, -0.1) is 0 Å². The first kappa shape index (κ1) is 12.9. The lowest BCUT2D eigenvalue weighted by atomic mass is 10.1. The molecule has 82 valence electrons. The Morgan fingerprint density at radius 3 is 1.93 bits per heavy atom. The van der Waals surface area contributed by atoms with Crippen molar-refractivity contribution in [1.29, 1.82) is 0 Å². The second-order valence-corrected chi connectivity index (χ2v) is 3.67. The summed E-state index contributed by atoms with van der Waals surface area (Å²) >= 11 is 0. The van der Waals surface area contributed by atoms with Crippen molar-refractivity contribution in [3.8, 4) is 0 Å². The highest BCUT2D eigenvalue weighted by Crippen LogP contribution is 2.05. The highest BCUT2D eigenvalue weighted by Gasteiger charge is 2.02. The first-order valence-corrected chi connectivity index (χ1v) is 5.02. The number of hydrogen-bond acceptors (Lipinski definition) is 2. The molecule has 0 radical (unpaired) electrons. The van der Waals surface area contributed by atoms with Crippen LogP contribution in [0.5, 0.6) is 0 Å². The molecule has 0 spiro atoms. The molecule has 0 aliphatic heterocycles. The summed E-state index contributed by atoms with van der Waals surface area (Å²) in [4.78, 5) is 23.1. The zero-order valence-electron chi connectivity index (χ0n) is 9.08. The van der Waals surface area contributed by atoms with Crippen LogP contribution < -0.4 is 5.73 Å². The fourth-order valence-electron chi connectivity index (χ4n) is 1.15. The maximum Gasteiger partial charge on any atom is 0.222 e. The molecule has 0 saturated heterocycles. The number of unbranched alkanes of at least 4 members (excludes halogenated alkanes) is 3. The topological polar surface area (TPSA) is 63.4 Å². The van der Waals surface area contributed by atoms with Crippen molar-refractivity contribution in [2.24, 2.45) is 5.73 Å². The van der Waals surface area contributed by atoms with E-state index in [1.165, 1.54) is 0 Å². The largest absolute Gasteiger partial charge is 0.370 e. The van der Waals surface area contributed by atoms with E-state index in [2.05, 4.69) is 0 Å². The molecule has 0 unspecified atom stereocenters. The third kappa shape index (κ3) is 7.58. The van der Waals surface area contributed by atoms with Gasteiger partial charge in [0.2, 0.25) is 11.8 Å². The number of nitrogens with zero attached hydrogens (tertiary/aromatic N) is 1. The summed E-state index contributed by atoms with van der Waals surface area (Å²) in [6.45, 7) is 0. The van der Waals surface area contributed by atoms with Crippen molar-refractivity contribution < 1.29 is 9.59 Å². The highest BCUT2D eigenvalue weighted by atomic mass is 16.2. The Bertz CT molecular complexity index is 191. The molecular formula is C10H20N2O2. The van der Waals surface area contributed by atoms with Crippen LogP contribution in [0.1, 0.15) is 38.5 Å². The molecular weight excluding hydrogens is 180 g/mol. The molecule has 4 heteroatoms. The van der Waals surface area contributed by atoms with Crippen LogP contribution in [-0.2, 0) is 9.59 Å². The van der Waals surface area contributed by atoms with Gasteiger partial charge in [0.25, 0.3) is 0 Å². The molecule has 0 saturated carbocycles. The van der Waals surface area contributed by atoms with Crippen LogP contribution >= 0.6 is 0 Å². The van der Waals surface area contributed by atoms with E-state index < -0.39 is 0 Å². The normalized spacial score (nSPS) is 9.86. The van der Waals surface area contributed by atoms with Crippen molar-refractivity contribution >= 4 is 11.8 Å². The Morgan fingerprint density at radius 1 is 1.00 bits per heavy atom. The van der Waals surface area contributed by atoms with Crippen molar-refractivity contribution in [2.45, 2.75) is 38.5 Å². The standard InChI is InChI=1S/C10H20N2O2/c1-12(2)10(14)8-6-4-3-5-7-9(11)13/h3-8H2,1-2H3,(H2,11,13). The van der Waals surface area contributed by atoms with Crippen LogP contribution in [0.4, 0.5) is 0 Å².